The molecular weight excluding hydrogens is 769 g/mol. The van der Waals surface area contributed by atoms with Gasteiger partial charge in [0.25, 0.3) is 0 Å². The summed E-state index contributed by atoms with van der Waals surface area (Å²) in [5.74, 6) is 0. The summed E-state index contributed by atoms with van der Waals surface area (Å²) in [6.45, 7) is 0. The highest BCUT2D eigenvalue weighted by atomic mass is 14.3. The molecule has 0 heterocycles. The van der Waals surface area contributed by atoms with Gasteiger partial charge in [0.05, 0.1) is 0 Å². The van der Waals surface area contributed by atoms with Crippen LogP contribution in [0.15, 0.2) is 194 Å². The van der Waals surface area contributed by atoms with Crippen molar-refractivity contribution in [3.8, 4) is 0 Å². The second-order valence-electron chi connectivity index (χ2n) is 18.6. The smallest absolute Gasteiger partial charge is 0.00190 e. The molecule has 0 radical (unpaired) electrons. The van der Waals surface area contributed by atoms with Gasteiger partial charge in [0.15, 0.2) is 0 Å². The van der Waals surface area contributed by atoms with Gasteiger partial charge in [-0.2, -0.15) is 0 Å². The lowest BCUT2D eigenvalue weighted by molar-refractivity contribution is 1.80. The van der Waals surface area contributed by atoms with Crippen LogP contribution < -0.4 is 0 Å². The highest BCUT2D eigenvalue weighted by molar-refractivity contribution is 6.47. The fourth-order valence-corrected chi connectivity index (χ4v) is 13.2. The summed E-state index contributed by atoms with van der Waals surface area (Å²) in [5.41, 5.74) is 0. The van der Waals surface area contributed by atoms with Crippen LogP contribution in [-0.2, 0) is 0 Å². The van der Waals surface area contributed by atoms with Crippen molar-refractivity contribution in [3.05, 3.63) is 194 Å². The quantitative estimate of drug-likeness (QED) is 0.134. The Hall–Kier alpha value is -8.32. The minimum absolute atomic E-state index is 1.28. The molecule has 17 aromatic rings. The number of fused-ring (bicyclic) bond motifs is 12. The average Bonchev–Trinajstić information content (AvgIpc) is 3.34. The number of hydrogen-bond acceptors (Lipinski definition) is 0. The first kappa shape index (κ1) is 32.4. The first-order chi connectivity index (χ1) is 31.7. The molecule has 288 valence electrons. The fraction of sp³-hybridized carbons (Fsp3) is 0. The van der Waals surface area contributed by atoms with E-state index >= 15 is 0 Å². The van der Waals surface area contributed by atoms with Gasteiger partial charge in [-0.25, -0.2) is 0 Å². The van der Waals surface area contributed by atoms with Gasteiger partial charge in [0.1, 0.15) is 0 Å². The lowest BCUT2D eigenvalue weighted by atomic mass is 9.81. The first-order valence-electron chi connectivity index (χ1n) is 22.6. The third kappa shape index (κ3) is 3.74. The molecule has 17 aromatic carbocycles. The van der Waals surface area contributed by atoms with Crippen molar-refractivity contribution < 1.29 is 0 Å². The monoisotopic (exact) mass is 800 g/mol. The summed E-state index contributed by atoms with van der Waals surface area (Å²) in [7, 11) is 0. The lowest BCUT2D eigenvalue weighted by Gasteiger charge is -2.21. The molecule has 0 saturated heterocycles. The minimum Gasteiger partial charge on any atom is -0.0610 e. The van der Waals surface area contributed by atoms with Crippen molar-refractivity contribution in [1.29, 1.82) is 0 Å². The van der Waals surface area contributed by atoms with Crippen LogP contribution in [0.25, 0.3) is 172 Å². The Bertz CT molecular complexity index is 4250. The van der Waals surface area contributed by atoms with Gasteiger partial charge in [0, 0.05) is 0 Å². The number of benzene rings is 16. The zero-order chi connectivity index (χ0) is 41.1. The third-order valence-corrected chi connectivity index (χ3v) is 15.7. The Kier molecular flexibility index (Phi) is 5.57. The maximum absolute atomic E-state index is 2.56. The van der Waals surface area contributed by atoms with Crippen molar-refractivity contribution in [2.75, 3.05) is 0 Å². The van der Waals surface area contributed by atoms with E-state index in [2.05, 4.69) is 194 Å². The maximum atomic E-state index is 2.56. The van der Waals surface area contributed by atoms with Crippen LogP contribution in [0.3, 0.4) is 0 Å². The summed E-state index contributed by atoms with van der Waals surface area (Å²) in [6.07, 6.45) is 0. The molecule has 0 unspecified atom stereocenters. The molecule has 0 spiro atoms. The largest absolute Gasteiger partial charge is 0.0610 e. The van der Waals surface area contributed by atoms with E-state index in [-0.39, 0.29) is 0 Å². The molecule has 0 aliphatic heterocycles. The van der Waals surface area contributed by atoms with Crippen molar-refractivity contribution in [2.45, 2.75) is 0 Å². The first-order valence-corrected chi connectivity index (χ1v) is 22.6. The minimum atomic E-state index is 1.28. The molecule has 0 amide bonds. The predicted molar refractivity (Wildman–Crippen MR) is 280 cm³/mol. The molecule has 0 bridgehead atoms. The Balaban J connectivity index is 1.29. The predicted octanol–water partition coefficient (Wildman–Crippen LogP) is 18.5. The van der Waals surface area contributed by atoms with E-state index in [1.165, 1.54) is 172 Å². The molecule has 0 aliphatic rings. The van der Waals surface area contributed by atoms with Crippen LogP contribution in [-0.4, -0.2) is 0 Å². The van der Waals surface area contributed by atoms with Crippen LogP contribution in [0.5, 0.6) is 0 Å². The maximum Gasteiger partial charge on any atom is -0.00190 e. The number of hydrogen-bond donors (Lipinski definition) is 0. The van der Waals surface area contributed by atoms with Gasteiger partial charge in [-0.3, -0.25) is 0 Å². The Morgan fingerprint density at radius 1 is 0.125 bits per heavy atom. The molecule has 64 heavy (non-hydrogen) atoms. The van der Waals surface area contributed by atoms with Gasteiger partial charge < -0.3 is 0 Å². The van der Waals surface area contributed by atoms with Crippen LogP contribution in [0.2, 0.25) is 0 Å². The van der Waals surface area contributed by atoms with Crippen molar-refractivity contribution in [3.63, 3.8) is 0 Å². The molecule has 0 aromatic heterocycles. The van der Waals surface area contributed by atoms with Crippen molar-refractivity contribution >= 4 is 172 Å². The van der Waals surface area contributed by atoms with Gasteiger partial charge in [-0.1, -0.05) is 170 Å². The Morgan fingerprint density at radius 2 is 0.312 bits per heavy atom. The van der Waals surface area contributed by atoms with Crippen LogP contribution in [0.1, 0.15) is 0 Å². The summed E-state index contributed by atoms with van der Waals surface area (Å²) in [6, 6.07) is 75.4. The standard InChI is InChI=1S/C64H32/c1-5-33-13-17-41-29-49-61(45-25-21-37(9-1)53(33)57(41)45)50-30-42-18-14-34-6-2-11-39-23-27-47(58(42)54(34)39)63(50)52-32-44-20-16-36-8-4-12-40-24-28-48(60(44)56(36)40)64(52)51-31-43-19-15-35-7-3-10-38-22-26-46(62(49)51)59(43)55(35)38/h1-32H. The van der Waals surface area contributed by atoms with E-state index in [4.69, 9.17) is 0 Å². The van der Waals surface area contributed by atoms with Crippen LogP contribution in [0.4, 0.5) is 0 Å². The van der Waals surface area contributed by atoms with E-state index in [0.717, 1.165) is 0 Å². The summed E-state index contributed by atoms with van der Waals surface area (Å²) < 4.78 is 0. The summed E-state index contributed by atoms with van der Waals surface area (Å²) in [4.78, 5) is 0. The van der Waals surface area contributed by atoms with E-state index in [9.17, 15) is 0 Å². The average molecular weight is 801 g/mol. The molecule has 0 aliphatic carbocycles. The fourth-order valence-electron chi connectivity index (χ4n) is 13.2. The topological polar surface area (TPSA) is 0 Å². The van der Waals surface area contributed by atoms with Gasteiger partial charge >= 0.3 is 0 Å². The molecule has 0 nitrogen and oxygen atoms in total. The van der Waals surface area contributed by atoms with Crippen molar-refractivity contribution in [2.24, 2.45) is 0 Å². The summed E-state index contributed by atoms with van der Waals surface area (Å²) >= 11 is 0. The van der Waals surface area contributed by atoms with Crippen LogP contribution in [0, 0.1) is 0 Å². The zero-order valence-electron chi connectivity index (χ0n) is 34.5. The van der Waals surface area contributed by atoms with Crippen molar-refractivity contribution in [1.82, 2.24) is 0 Å². The highest BCUT2D eigenvalue weighted by Gasteiger charge is 2.23. The molecular formula is C64H32. The normalized spacial score (nSPS) is 13.0. The second-order valence-corrected chi connectivity index (χ2v) is 18.6. The second kappa shape index (κ2) is 11.0. The van der Waals surface area contributed by atoms with Gasteiger partial charge in [0.2, 0.25) is 0 Å². The number of rotatable bonds is 0. The Morgan fingerprint density at radius 3 is 0.531 bits per heavy atom. The van der Waals surface area contributed by atoms with Crippen LogP contribution >= 0.6 is 0 Å². The van der Waals surface area contributed by atoms with E-state index in [0.29, 0.717) is 0 Å². The molecule has 0 fully saturated rings. The van der Waals surface area contributed by atoms with E-state index < -0.39 is 0 Å². The Labute approximate surface area is 364 Å². The molecule has 0 saturated carbocycles. The van der Waals surface area contributed by atoms with Gasteiger partial charge in [-0.15, -0.1) is 0 Å². The third-order valence-electron chi connectivity index (χ3n) is 15.7. The summed E-state index contributed by atoms with van der Waals surface area (Å²) in [5, 5.41) is 41.9. The van der Waals surface area contributed by atoms with E-state index in [1.54, 1.807) is 0 Å². The highest BCUT2D eigenvalue weighted by Crippen LogP contribution is 2.52. The molecule has 0 N–H and O–H groups in total. The lowest BCUT2D eigenvalue weighted by Crippen LogP contribution is -1.93. The molecule has 0 heteroatoms. The zero-order valence-corrected chi connectivity index (χ0v) is 34.5. The van der Waals surface area contributed by atoms with Gasteiger partial charge in [-0.05, 0) is 197 Å². The molecule has 0 atom stereocenters. The van der Waals surface area contributed by atoms with E-state index in [1.807, 2.05) is 0 Å². The SMILES string of the molecule is c1cc2ccc3cc4c(c5cc6ccc7cccc8ccc(c5c5cc9ccc%10cccc%11ccc(c5c5cc%12ccc%13cccc%14ccc(c45)c%12c%13%14)c9c%10%11)c6c78)c4ccc(c1)c2c34. The molecule has 17 rings (SSSR count).